The number of amides is 2. The van der Waals surface area contributed by atoms with Gasteiger partial charge >= 0.3 is 5.97 Å². The second-order valence-electron chi connectivity index (χ2n) is 5.69. The van der Waals surface area contributed by atoms with E-state index in [1.54, 1.807) is 18.2 Å². The Hall–Kier alpha value is -4.12. The topological polar surface area (TPSA) is 141 Å². The molecule has 0 radical (unpaired) electrons. The van der Waals surface area contributed by atoms with Crippen molar-refractivity contribution in [3.63, 3.8) is 0 Å². The van der Waals surface area contributed by atoms with E-state index in [4.69, 9.17) is 14.8 Å². The molecule has 0 bridgehead atoms. The van der Waals surface area contributed by atoms with Crippen LogP contribution >= 0.6 is 0 Å². The number of nitrogens with zero attached hydrogens (tertiary/aromatic N) is 1. The van der Waals surface area contributed by atoms with Crippen LogP contribution in [0.3, 0.4) is 0 Å². The van der Waals surface area contributed by atoms with E-state index in [9.17, 15) is 19.5 Å². The van der Waals surface area contributed by atoms with Crippen LogP contribution < -0.4 is 5.32 Å². The van der Waals surface area contributed by atoms with E-state index in [0.717, 1.165) is 0 Å². The number of phenols is 1. The maximum atomic E-state index is 12.0. The van der Waals surface area contributed by atoms with Crippen molar-refractivity contribution in [1.29, 1.82) is 5.26 Å². The lowest BCUT2D eigenvalue weighted by atomic mass is 9.96. The number of carboxylic acids is 1. The highest BCUT2D eigenvalue weighted by Crippen LogP contribution is 2.29. The first-order chi connectivity index (χ1) is 12.8. The molecule has 1 aromatic carbocycles. The highest BCUT2D eigenvalue weighted by molar-refractivity contribution is 6.19. The SMILES string of the molecule is CC1=C(C#N)C(=O)NC(=O)/C1=C\c1ccc(-c2ccc(C(=O)O)c(O)c2)o1. The molecule has 0 fully saturated rings. The number of benzene rings is 1. The second kappa shape index (κ2) is 6.65. The molecule has 3 rings (SSSR count). The van der Waals surface area contributed by atoms with Gasteiger partial charge in [0.05, 0.1) is 0 Å². The third kappa shape index (κ3) is 3.21. The summed E-state index contributed by atoms with van der Waals surface area (Å²) in [4.78, 5) is 34.6. The van der Waals surface area contributed by atoms with Crippen LogP contribution in [0.2, 0.25) is 0 Å². The Kier molecular flexibility index (Phi) is 4.36. The van der Waals surface area contributed by atoms with Crippen LogP contribution in [0.4, 0.5) is 0 Å². The lowest BCUT2D eigenvalue weighted by molar-refractivity contribution is -0.126. The number of furan rings is 1. The Morgan fingerprint density at radius 2 is 1.96 bits per heavy atom. The molecule has 0 atom stereocenters. The summed E-state index contributed by atoms with van der Waals surface area (Å²) in [6, 6.07) is 8.88. The summed E-state index contributed by atoms with van der Waals surface area (Å²) >= 11 is 0. The molecule has 0 saturated heterocycles. The zero-order valence-electron chi connectivity index (χ0n) is 13.9. The fourth-order valence-electron chi connectivity index (χ4n) is 2.61. The molecule has 1 aliphatic rings. The van der Waals surface area contributed by atoms with Crippen molar-refractivity contribution in [1.82, 2.24) is 5.32 Å². The van der Waals surface area contributed by atoms with E-state index < -0.39 is 23.5 Å². The molecular weight excluding hydrogens is 352 g/mol. The Morgan fingerprint density at radius 1 is 1.22 bits per heavy atom. The third-order valence-corrected chi connectivity index (χ3v) is 4.02. The summed E-state index contributed by atoms with van der Waals surface area (Å²) in [6.45, 7) is 1.49. The second-order valence-corrected chi connectivity index (χ2v) is 5.69. The van der Waals surface area contributed by atoms with Crippen LogP contribution in [-0.2, 0) is 9.59 Å². The zero-order valence-corrected chi connectivity index (χ0v) is 13.9. The van der Waals surface area contributed by atoms with Gasteiger partial charge in [0.1, 0.15) is 34.5 Å². The maximum absolute atomic E-state index is 12.0. The highest BCUT2D eigenvalue weighted by Gasteiger charge is 2.27. The fourth-order valence-corrected chi connectivity index (χ4v) is 2.61. The molecule has 0 unspecified atom stereocenters. The van der Waals surface area contributed by atoms with Crippen molar-refractivity contribution in [2.24, 2.45) is 0 Å². The molecule has 134 valence electrons. The Balaban J connectivity index is 1.98. The van der Waals surface area contributed by atoms with Crippen LogP contribution in [0, 0.1) is 11.3 Å². The standard InChI is InChI=1S/C19H12N2O6/c1-9-13(17(23)21-18(24)14(9)8-20)7-11-3-5-16(27-11)10-2-4-12(19(25)26)15(22)6-10/h2-7,22H,1H3,(H,25,26)(H,21,23,24)/b13-7-. The lowest BCUT2D eigenvalue weighted by Gasteiger charge is -2.15. The molecule has 3 N–H and O–H groups in total. The van der Waals surface area contributed by atoms with Gasteiger partial charge in [-0.25, -0.2) is 4.79 Å². The zero-order chi connectivity index (χ0) is 19.7. The number of imide groups is 1. The summed E-state index contributed by atoms with van der Waals surface area (Å²) in [5, 5.41) is 29.9. The monoisotopic (exact) mass is 364 g/mol. The number of carbonyl (C=O) groups excluding carboxylic acids is 2. The first kappa shape index (κ1) is 17.7. The average molecular weight is 364 g/mol. The van der Waals surface area contributed by atoms with Crippen molar-refractivity contribution in [3.05, 3.63) is 58.4 Å². The summed E-state index contributed by atoms with van der Waals surface area (Å²) < 4.78 is 5.61. The van der Waals surface area contributed by atoms with E-state index in [0.29, 0.717) is 11.3 Å². The summed E-state index contributed by atoms with van der Waals surface area (Å²) in [5.41, 5.74) is 0.418. The van der Waals surface area contributed by atoms with Gasteiger partial charge < -0.3 is 14.6 Å². The van der Waals surface area contributed by atoms with Crippen molar-refractivity contribution < 1.29 is 29.0 Å². The van der Waals surface area contributed by atoms with E-state index >= 15 is 0 Å². The van der Waals surface area contributed by atoms with Gasteiger partial charge in [0.25, 0.3) is 11.8 Å². The van der Waals surface area contributed by atoms with Crippen LogP contribution in [0.5, 0.6) is 5.75 Å². The lowest BCUT2D eigenvalue weighted by Crippen LogP contribution is -2.37. The predicted molar refractivity (Wildman–Crippen MR) is 92.2 cm³/mol. The van der Waals surface area contributed by atoms with Crippen molar-refractivity contribution in [2.45, 2.75) is 6.92 Å². The fraction of sp³-hybridized carbons (Fsp3) is 0.0526. The van der Waals surface area contributed by atoms with Gasteiger partial charge in [-0.2, -0.15) is 5.26 Å². The number of nitriles is 1. The number of carboxylic acid groups (broad SMARTS) is 1. The molecule has 0 aliphatic carbocycles. The average Bonchev–Trinajstić information content (AvgIpc) is 3.07. The smallest absolute Gasteiger partial charge is 0.339 e. The van der Waals surface area contributed by atoms with Gasteiger partial charge in [-0.1, -0.05) is 6.07 Å². The molecule has 2 amide bonds. The Morgan fingerprint density at radius 3 is 2.59 bits per heavy atom. The van der Waals surface area contributed by atoms with Crippen molar-refractivity contribution >= 4 is 23.9 Å². The minimum Gasteiger partial charge on any atom is -0.507 e. The number of nitrogens with one attached hydrogen (secondary N) is 1. The molecule has 8 nitrogen and oxygen atoms in total. The van der Waals surface area contributed by atoms with E-state index in [2.05, 4.69) is 5.32 Å². The van der Waals surface area contributed by atoms with Gasteiger partial charge in [-0.3, -0.25) is 14.9 Å². The molecule has 0 spiro atoms. The minimum atomic E-state index is -1.25. The molecule has 1 aromatic heterocycles. The predicted octanol–water partition coefficient (Wildman–Crippen LogP) is 2.23. The van der Waals surface area contributed by atoms with Gasteiger partial charge in [-0.05, 0) is 42.8 Å². The number of hydrogen-bond donors (Lipinski definition) is 3. The van der Waals surface area contributed by atoms with E-state index in [-0.39, 0.29) is 28.0 Å². The van der Waals surface area contributed by atoms with Gasteiger partial charge in [0, 0.05) is 11.1 Å². The Bertz CT molecular complexity index is 1100. The summed E-state index contributed by atoms with van der Waals surface area (Å²) in [7, 11) is 0. The molecule has 2 aromatic rings. The van der Waals surface area contributed by atoms with Gasteiger partial charge in [0.15, 0.2) is 0 Å². The number of rotatable bonds is 3. The Labute approximate surface area is 152 Å². The van der Waals surface area contributed by atoms with Crippen LogP contribution in [0.1, 0.15) is 23.0 Å². The van der Waals surface area contributed by atoms with Crippen LogP contribution in [0.15, 0.2) is 51.5 Å². The largest absolute Gasteiger partial charge is 0.507 e. The molecule has 8 heteroatoms. The first-order valence-corrected chi connectivity index (χ1v) is 7.67. The molecular formula is C19H12N2O6. The number of carbonyl (C=O) groups is 3. The number of hydrogen-bond acceptors (Lipinski definition) is 6. The van der Waals surface area contributed by atoms with Gasteiger partial charge in [0.2, 0.25) is 0 Å². The molecule has 27 heavy (non-hydrogen) atoms. The number of aromatic carboxylic acids is 1. The molecule has 0 saturated carbocycles. The maximum Gasteiger partial charge on any atom is 0.339 e. The summed E-state index contributed by atoms with van der Waals surface area (Å²) in [5.74, 6) is -2.42. The van der Waals surface area contributed by atoms with E-state index in [1.807, 2.05) is 0 Å². The highest BCUT2D eigenvalue weighted by atomic mass is 16.4. The molecule has 2 heterocycles. The van der Waals surface area contributed by atoms with Crippen molar-refractivity contribution in [2.75, 3.05) is 0 Å². The van der Waals surface area contributed by atoms with E-state index in [1.165, 1.54) is 31.2 Å². The normalized spacial score (nSPS) is 15.6. The third-order valence-electron chi connectivity index (χ3n) is 4.02. The van der Waals surface area contributed by atoms with Crippen LogP contribution in [0.25, 0.3) is 17.4 Å². The first-order valence-electron chi connectivity index (χ1n) is 7.67. The quantitative estimate of drug-likeness (QED) is 0.560. The molecule has 1 aliphatic heterocycles. The summed E-state index contributed by atoms with van der Waals surface area (Å²) in [6.07, 6.45) is 1.39. The number of aromatic hydroxyl groups is 1. The van der Waals surface area contributed by atoms with Crippen LogP contribution in [-0.4, -0.2) is 28.0 Å². The van der Waals surface area contributed by atoms with Gasteiger partial charge in [-0.15, -0.1) is 0 Å². The van der Waals surface area contributed by atoms with Crippen molar-refractivity contribution in [3.8, 4) is 23.1 Å². The minimum absolute atomic E-state index is 0.121.